The van der Waals surface area contributed by atoms with Gasteiger partial charge in [0.2, 0.25) is 0 Å². The van der Waals surface area contributed by atoms with Gasteiger partial charge in [-0.2, -0.15) is 10.2 Å². The first-order valence-corrected chi connectivity index (χ1v) is 9.14. The quantitative estimate of drug-likeness (QED) is 0.738. The molecular weight excluding hydrogens is 356 g/mol. The molecule has 2 aromatic heterocycles. The number of carbonyl (C=O) groups excluding carboxylic acids is 2. The summed E-state index contributed by atoms with van der Waals surface area (Å²) in [5.41, 5.74) is 3.39. The molecule has 28 heavy (non-hydrogen) atoms. The van der Waals surface area contributed by atoms with Gasteiger partial charge in [0.25, 0.3) is 11.8 Å². The van der Waals surface area contributed by atoms with Crippen LogP contribution in [0.4, 0.5) is 0 Å². The number of hydrogen-bond donors (Lipinski definition) is 1. The van der Waals surface area contributed by atoms with Gasteiger partial charge in [0, 0.05) is 39.6 Å². The first kappa shape index (κ1) is 18.0. The summed E-state index contributed by atoms with van der Waals surface area (Å²) >= 11 is 0. The first-order chi connectivity index (χ1) is 13.5. The summed E-state index contributed by atoms with van der Waals surface area (Å²) < 4.78 is 3.20. The third-order valence-electron chi connectivity index (χ3n) is 5.03. The number of aryl methyl sites for hydroxylation is 2. The van der Waals surface area contributed by atoms with Crippen LogP contribution in [0.15, 0.2) is 49.1 Å². The SMILES string of the molecule is Cn1cc(C(=O)NC[C@@H]2Cc3ccccc3CN2C(=O)c2cnn(C)c2)cn1. The Balaban J connectivity index is 1.55. The van der Waals surface area contributed by atoms with Gasteiger partial charge >= 0.3 is 0 Å². The highest BCUT2D eigenvalue weighted by Crippen LogP contribution is 2.24. The van der Waals surface area contributed by atoms with E-state index in [0.717, 1.165) is 5.56 Å². The summed E-state index contributed by atoms with van der Waals surface area (Å²) in [7, 11) is 3.55. The smallest absolute Gasteiger partial charge is 0.257 e. The van der Waals surface area contributed by atoms with E-state index in [2.05, 4.69) is 21.6 Å². The van der Waals surface area contributed by atoms with Crippen molar-refractivity contribution in [1.29, 1.82) is 0 Å². The zero-order chi connectivity index (χ0) is 19.7. The molecule has 0 saturated carbocycles. The summed E-state index contributed by atoms with van der Waals surface area (Å²) in [5, 5.41) is 11.1. The van der Waals surface area contributed by atoms with Crippen molar-refractivity contribution in [3.05, 3.63) is 71.3 Å². The molecule has 3 aromatic rings. The van der Waals surface area contributed by atoms with Crippen molar-refractivity contribution in [3.63, 3.8) is 0 Å². The molecule has 1 aromatic carbocycles. The van der Waals surface area contributed by atoms with E-state index in [-0.39, 0.29) is 17.9 Å². The van der Waals surface area contributed by atoms with Crippen molar-refractivity contribution in [1.82, 2.24) is 29.8 Å². The Bertz CT molecular complexity index is 1020. The molecule has 144 valence electrons. The highest BCUT2D eigenvalue weighted by molar-refractivity contribution is 5.95. The van der Waals surface area contributed by atoms with Crippen LogP contribution < -0.4 is 5.32 Å². The van der Waals surface area contributed by atoms with Crippen LogP contribution in [0.3, 0.4) is 0 Å². The molecule has 0 aliphatic carbocycles. The van der Waals surface area contributed by atoms with Gasteiger partial charge in [0.1, 0.15) is 0 Å². The molecule has 8 heteroatoms. The third-order valence-corrected chi connectivity index (χ3v) is 5.03. The molecule has 0 fully saturated rings. The highest BCUT2D eigenvalue weighted by Gasteiger charge is 2.31. The summed E-state index contributed by atoms with van der Waals surface area (Å²) in [4.78, 5) is 27.3. The maximum atomic E-state index is 13.1. The lowest BCUT2D eigenvalue weighted by atomic mass is 9.93. The fourth-order valence-corrected chi connectivity index (χ4v) is 3.56. The standard InChI is InChI=1S/C20H22N6O2/c1-24-11-16(8-22-24)19(27)21-10-18-7-14-5-3-4-6-15(14)13-26(18)20(28)17-9-23-25(2)12-17/h3-6,8-9,11-12,18H,7,10,13H2,1-2H3,(H,21,27)/t18-/m0/s1. The number of fused-ring (bicyclic) bond motifs is 1. The number of hydrogen-bond acceptors (Lipinski definition) is 4. The Labute approximate surface area is 162 Å². The molecule has 1 aliphatic heterocycles. The number of amides is 2. The predicted molar refractivity (Wildman–Crippen MR) is 103 cm³/mol. The molecule has 0 unspecified atom stereocenters. The summed E-state index contributed by atoms with van der Waals surface area (Å²) in [6.07, 6.45) is 7.19. The van der Waals surface area contributed by atoms with Crippen LogP contribution in [0.1, 0.15) is 31.8 Å². The second-order valence-electron chi connectivity index (χ2n) is 7.08. The Morgan fingerprint density at radius 2 is 1.68 bits per heavy atom. The average Bonchev–Trinajstić information content (AvgIpc) is 3.33. The van der Waals surface area contributed by atoms with Gasteiger partial charge < -0.3 is 10.2 Å². The van der Waals surface area contributed by atoms with E-state index in [0.29, 0.717) is 30.6 Å². The number of benzene rings is 1. The van der Waals surface area contributed by atoms with Crippen LogP contribution in [0.5, 0.6) is 0 Å². The van der Waals surface area contributed by atoms with Gasteiger partial charge in [-0.3, -0.25) is 19.0 Å². The summed E-state index contributed by atoms with van der Waals surface area (Å²) in [5.74, 6) is -0.274. The van der Waals surface area contributed by atoms with Crippen LogP contribution in [0.25, 0.3) is 0 Å². The molecule has 1 N–H and O–H groups in total. The molecule has 0 spiro atoms. The minimum atomic E-state index is -0.194. The number of nitrogens with zero attached hydrogens (tertiary/aromatic N) is 5. The molecule has 8 nitrogen and oxygen atoms in total. The zero-order valence-corrected chi connectivity index (χ0v) is 15.9. The van der Waals surface area contributed by atoms with Crippen molar-refractivity contribution in [2.24, 2.45) is 14.1 Å². The Hall–Kier alpha value is -3.42. The summed E-state index contributed by atoms with van der Waals surface area (Å²) in [6, 6.07) is 7.97. The third kappa shape index (κ3) is 3.53. The minimum Gasteiger partial charge on any atom is -0.350 e. The van der Waals surface area contributed by atoms with Crippen LogP contribution in [-0.2, 0) is 27.1 Å². The molecular formula is C20H22N6O2. The number of rotatable bonds is 4. The van der Waals surface area contributed by atoms with E-state index in [9.17, 15) is 9.59 Å². The zero-order valence-electron chi connectivity index (χ0n) is 15.9. The van der Waals surface area contributed by atoms with Gasteiger partial charge in [-0.25, -0.2) is 0 Å². The van der Waals surface area contributed by atoms with Crippen molar-refractivity contribution < 1.29 is 9.59 Å². The van der Waals surface area contributed by atoms with Crippen LogP contribution in [-0.4, -0.2) is 48.9 Å². The van der Waals surface area contributed by atoms with E-state index in [4.69, 9.17) is 0 Å². The topological polar surface area (TPSA) is 85.0 Å². The molecule has 1 aliphatic rings. The molecule has 0 bridgehead atoms. The van der Waals surface area contributed by atoms with Crippen molar-refractivity contribution in [3.8, 4) is 0 Å². The Kier molecular flexibility index (Phi) is 4.68. The maximum absolute atomic E-state index is 13.1. The van der Waals surface area contributed by atoms with Gasteiger partial charge in [-0.05, 0) is 17.5 Å². The predicted octanol–water partition coefficient (Wildman–Crippen LogP) is 1.15. The second kappa shape index (κ2) is 7.30. The minimum absolute atomic E-state index is 0.0803. The Morgan fingerprint density at radius 3 is 2.32 bits per heavy atom. The lowest BCUT2D eigenvalue weighted by Gasteiger charge is -2.37. The van der Waals surface area contributed by atoms with Crippen molar-refractivity contribution in [2.45, 2.75) is 19.0 Å². The molecule has 0 radical (unpaired) electrons. The number of nitrogens with one attached hydrogen (secondary N) is 1. The van der Waals surface area contributed by atoms with Crippen LogP contribution in [0, 0.1) is 0 Å². The lowest BCUT2D eigenvalue weighted by Crippen LogP contribution is -2.50. The van der Waals surface area contributed by atoms with Gasteiger partial charge in [0.15, 0.2) is 0 Å². The van der Waals surface area contributed by atoms with Crippen molar-refractivity contribution >= 4 is 11.8 Å². The van der Waals surface area contributed by atoms with E-state index < -0.39 is 0 Å². The maximum Gasteiger partial charge on any atom is 0.257 e. The fraction of sp³-hybridized carbons (Fsp3) is 0.300. The molecule has 4 rings (SSSR count). The van der Waals surface area contributed by atoms with Crippen molar-refractivity contribution in [2.75, 3.05) is 6.54 Å². The molecule has 0 saturated heterocycles. The Morgan fingerprint density at radius 1 is 1.04 bits per heavy atom. The van der Waals surface area contributed by atoms with E-state index in [1.54, 1.807) is 42.0 Å². The first-order valence-electron chi connectivity index (χ1n) is 9.14. The number of aromatic nitrogens is 4. The normalized spacial score (nSPS) is 15.9. The monoisotopic (exact) mass is 378 g/mol. The van der Waals surface area contributed by atoms with Crippen LogP contribution >= 0.6 is 0 Å². The molecule has 2 amide bonds. The summed E-state index contributed by atoms with van der Waals surface area (Å²) in [6.45, 7) is 0.880. The van der Waals surface area contributed by atoms with Crippen LogP contribution in [0.2, 0.25) is 0 Å². The lowest BCUT2D eigenvalue weighted by molar-refractivity contribution is 0.0628. The van der Waals surface area contributed by atoms with Gasteiger partial charge in [-0.1, -0.05) is 24.3 Å². The highest BCUT2D eigenvalue weighted by atomic mass is 16.2. The van der Waals surface area contributed by atoms with Gasteiger partial charge in [0.05, 0.1) is 29.6 Å². The fourth-order valence-electron chi connectivity index (χ4n) is 3.56. The average molecular weight is 378 g/mol. The van der Waals surface area contributed by atoms with E-state index in [1.807, 2.05) is 23.1 Å². The number of carbonyl (C=O) groups is 2. The second-order valence-corrected chi connectivity index (χ2v) is 7.08. The van der Waals surface area contributed by atoms with E-state index >= 15 is 0 Å². The van der Waals surface area contributed by atoms with E-state index in [1.165, 1.54) is 11.8 Å². The van der Waals surface area contributed by atoms with Gasteiger partial charge in [-0.15, -0.1) is 0 Å². The largest absolute Gasteiger partial charge is 0.350 e. The molecule has 3 heterocycles. The molecule has 1 atom stereocenters.